The predicted octanol–water partition coefficient (Wildman–Crippen LogP) is 0.776. The van der Waals surface area contributed by atoms with Crippen LogP contribution in [-0.4, -0.2) is 26.6 Å². The van der Waals surface area contributed by atoms with Crippen molar-refractivity contribution in [1.29, 1.82) is 0 Å². The van der Waals surface area contributed by atoms with Gasteiger partial charge in [0.05, 0.1) is 17.7 Å². The van der Waals surface area contributed by atoms with Gasteiger partial charge in [0.2, 0.25) is 0 Å². The molecule has 0 aliphatic heterocycles. The van der Waals surface area contributed by atoms with E-state index in [1.54, 1.807) is 24.9 Å². The number of nitrogens with zero attached hydrogens (tertiary/aromatic N) is 2. The standard InChI is InChI=1S/C9H12N2O3/c1-6-7(5-11(2)10-6)8(12)3-4-9(13)14/h5H,3-4H2,1-2H3,(H,13,14). The molecular weight excluding hydrogens is 184 g/mol. The number of rotatable bonds is 4. The van der Waals surface area contributed by atoms with Gasteiger partial charge in [-0.05, 0) is 6.92 Å². The van der Waals surface area contributed by atoms with Gasteiger partial charge in [0.1, 0.15) is 0 Å². The zero-order valence-corrected chi connectivity index (χ0v) is 8.15. The summed E-state index contributed by atoms with van der Waals surface area (Å²) in [5.41, 5.74) is 1.15. The van der Waals surface area contributed by atoms with Gasteiger partial charge < -0.3 is 5.11 Å². The average molecular weight is 196 g/mol. The van der Waals surface area contributed by atoms with Crippen molar-refractivity contribution in [2.24, 2.45) is 7.05 Å². The lowest BCUT2D eigenvalue weighted by atomic mass is 10.1. The summed E-state index contributed by atoms with van der Waals surface area (Å²) in [6.07, 6.45) is 1.51. The summed E-state index contributed by atoms with van der Waals surface area (Å²) in [6.45, 7) is 1.73. The highest BCUT2D eigenvalue weighted by Gasteiger charge is 2.13. The van der Waals surface area contributed by atoms with Crippen LogP contribution in [0.25, 0.3) is 0 Å². The lowest BCUT2D eigenvalue weighted by Crippen LogP contribution is -2.04. The van der Waals surface area contributed by atoms with Gasteiger partial charge in [0.15, 0.2) is 5.78 Å². The number of aliphatic carboxylic acids is 1. The second-order valence-corrected chi connectivity index (χ2v) is 3.12. The van der Waals surface area contributed by atoms with Gasteiger partial charge in [-0.1, -0.05) is 0 Å². The van der Waals surface area contributed by atoms with E-state index in [0.29, 0.717) is 11.3 Å². The van der Waals surface area contributed by atoms with Crippen LogP contribution >= 0.6 is 0 Å². The number of ketones is 1. The van der Waals surface area contributed by atoms with Crippen molar-refractivity contribution < 1.29 is 14.7 Å². The highest BCUT2D eigenvalue weighted by atomic mass is 16.4. The lowest BCUT2D eigenvalue weighted by Gasteiger charge is -1.95. The van der Waals surface area contributed by atoms with Gasteiger partial charge in [0, 0.05) is 19.7 Å². The average Bonchev–Trinajstić information content (AvgIpc) is 2.41. The lowest BCUT2D eigenvalue weighted by molar-refractivity contribution is -0.136. The molecule has 0 radical (unpaired) electrons. The van der Waals surface area contributed by atoms with E-state index < -0.39 is 5.97 Å². The summed E-state index contributed by atoms with van der Waals surface area (Å²) in [4.78, 5) is 21.7. The van der Waals surface area contributed by atoms with Crippen molar-refractivity contribution in [3.05, 3.63) is 17.5 Å². The van der Waals surface area contributed by atoms with E-state index in [1.165, 1.54) is 0 Å². The van der Waals surface area contributed by atoms with E-state index in [2.05, 4.69) is 5.10 Å². The third-order valence-electron chi connectivity index (χ3n) is 1.88. The molecule has 0 atom stereocenters. The van der Waals surface area contributed by atoms with Crippen LogP contribution in [0.4, 0.5) is 0 Å². The molecule has 0 aliphatic carbocycles. The number of hydrogen-bond donors (Lipinski definition) is 1. The molecule has 76 valence electrons. The zero-order valence-electron chi connectivity index (χ0n) is 8.15. The Morgan fingerprint density at radius 1 is 1.50 bits per heavy atom. The molecule has 0 aromatic carbocycles. The monoisotopic (exact) mass is 196 g/mol. The molecule has 1 heterocycles. The summed E-state index contributed by atoms with van der Waals surface area (Å²) in [6, 6.07) is 0. The molecular formula is C9H12N2O3. The van der Waals surface area contributed by atoms with Crippen LogP contribution < -0.4 is 0 Å². The molecule has 1 aromatic rings. The molecule has 5 nitrogen and oxygen atoms in total. The first kappa shape index (κ1) is 10.4. The van der Waals surface area contributed by atoms with Crippen LogP contribution in [0.3, 0.4) is 0 Å². The van der Waals surface area contributed by atoms with Crippen molar-refractivity contribution in [1.82, 2.24) is 9.78 Å². The van der Waals surface area contributed by atoms with Gasteiger partial charge in [-0.15, -0.1) is 0 Å². The molecule has 0 unspecified atom stereocenters. The van der Waals surface area contributed by atoms with Gasteiger partial charge in [-0.3, -0.25) is 14.3 Å². The van der Waals surface area contributed by atoms with Crippen LogP contribution in [0.5, 0.6) is 0 Å². The van der Waals surface area contributed by atoms with E-state index in [9.17, 15) is 9.59 Å². The summed E-state index contributed by atoms with van der Waals surface area (Å²) >= 11 is 0. The molecule has 1 rings (SSSR count). The van der Waals surface area contributed by atoms with Crippen molar-refractivity contribution in [3.8, 4) is 0 Å². The van der Waals surface area contributed by atoms with Gasteiger partial charge in [0.25, 0.3) is 0 Å². The second-order valence-electron chi connectivity index (χ2n) is 3.12. The Hall–Kier alpha value is -1.65. The third-order valence-corrected chi connectivity index (χ3v) is 1.88. The second kappa shape index (κ2) is 4.04. The minimum Gasteiger partial charge on any atom is -0.481 e. The number of carboxylic acid groups (broad SMARTS) is 1. The smallest absolute Gasteiger partial charge is 0.303 e. The maximum atomic E-state index is 11.5. The van der Waals surface area contributed by atoms with Crippen molar-refractivity contribution >= 4 is 11.8 Å². The fourth-order valence-electron chi connectivity index (χ4n) is 1.23. The Labute approximate surface area is 81.3 Å². The molecule has 0 aliphatic rings. The zero-order chi connectivity index (χ0) is 10.7. The Balaban J connectivity index is 2.69. The molecule has 0 saturated heterocycles. The highest BCUT2D eigenvalue weighted by Crippen LogP contribution is 2.09. The number of carboxylic acids is 1. The van der Waals surface area contributed by atoms with Gasteiger partial charge in [-0.25, -0.2) is 0 Å². The minimum atomic E-state index is -0.958. The van der Waals surface area contributed by atoms with E-state index in [1.807, 2.05) is 0 Å². The van der Waals surface area contributed by atoms with Crippen LogP contribution in [0.2, 0.25) is 0 Å². The molecule has 1 aromatic heterocycles. The maximum Gasteiger partial charge on any atom is 0.303 e. The first-order valence-electron chi connectivity index (χ1n) is 4.26. The van der Waals surface area contributed by atoms with E-state index in [-0.39, 0.29) is 18.6 Å². The van der Waals surface area contributed by atoms with Gasteiger partial charge >= 0.3 is 5.97 Å². The Bertz CT molecular complexity index is 368. The maximum absolute atomic E-state index is 11.5. The Kier molecular flexibility index (Phi) is 3.01. The molecule has 0 amide bonds. The minimum absolute atomic E-state index is 0.0296. The summed E-state index contributed by atoms with van der Waals surface area (Å²) in [5.74, 6) is -1.13. The topological polar surface area (TPSA) is 72.2 Å². The van der Waals surface area contributed by atoms with Crippen LogP contribution in [-0.2, 0) is 11.8 Å². The summed E-state index contributed by atoms with van der Waals surface area (Å²) < 4.78 is 1.54. The number of Topliss-reactive ketones (excluding diaryl/α,β-unsaturated/α-hetero) is 1. The number of carbonyl (C=O) groups is 2. The first-order valence-corrected chi connectivity index (χ1v) is 4.26. The number of aryl methyl sites for hydroxylation is 2. The SMILES string of the molecule is Cc1nn(C)cc1C(=O)CCC(=O)O. The van der Waals surface area contributed by atoms with Crippen molar-refractivity contribution in [2.75, 3.05) is 0 Å². The molecule has 0 fully saturated rings. The Morgan fingerprint density at radius 2 is 2.14 bits per heavy atom. The van der Waals surface area contributed by atoms with Crippen LogP contribution in [0.15, 0.2) is 6.20 Å². The molecule has 0 bridgehead atoms. The van der Waals surface area contributed by atoms with E-state index >= 15 is 0 Å². The normalized spacial score (nSPS) is 10.1. The fourth-order valence-corrected chi connectivity index (χ4v) is 1.23. The van der Waals surface area contributed by atoms with Crippen LogP contribution in [0.1, 0.15) is 28.9 Å². The third kappa shape index (κ3) is 2.42. The highest BCUT2D eigenvalue weighted by molar-refractivity contribution is 5.98. The quantitative estimate of drug-likeness (QED) is 0.722. The number of hydrogen-bond acceptors (Lipinski definition) is 3. The first-order chi connectivity index (χ1) is 6.50. The predicted molar refractivity (Wildman–Crippen MR) is 49.1 cm³/mol. The summed E-state index contributed by atoms with van der Waals surface area (Å²) in [7, 11) is 1.72. The molecule has 14 heavy (non-hydrogen) atoms. The largest absolute Gasteiger partial charge is 0.481 e. The van der Waals surface area contributed by atoms with E-state index in [4.69, 9.17) is 5.11 Å². The van der Waals surface area contributed by atoms with Crippen LogP contribution in [0, 0.1) is 6.92 Å². The van der Waals surface area contributed by atoms with Gasteiger partial charge in [-0.2, -0.15) is 5.10 Å². The van der Waals surface area contributed by atoms with E-state index in [0.717, 1.165) is 0 Å². The fraction of sp³-hybridized carbons (Fsp3) is 0.444. The Morgan fingerprint density at radius 3 is 2.57 bits per heavy atom. The summed E-state index contributed by atoms with van der Waals surface area (Å²) in [5, 5.41) is 12.4. The molecule has 0 saturated carbocycles. The molecule has 1 N–H and O–H groups in total. The molecule has 0 spiro atoms. The number of carbonyl (C=O) groups excluding carboxylic acids is 1. The molecule has 5 heteroatoms. The number of aromatic nitrogens is 2. The van der Waals surface area contributed by atoms with Crippen molar-refractivity contribution in [3.63, 3.8) is 0 Å². The van der Waals surface area contributed by atoms with Crippen molar-refractivity contribution in [2.45, 2.75) is 19.8 Å².